The number of guanidine groups is 1. The highest BCUT2D eigenvalue weighted by molar-refractivity contribution is 6.29. The first-order chi connectivity index (χ1) is 8.99. The molecule has 1 amide bonds. The van der Waals surface area contributed by atoms with Crippen LogP contribution < -0.4 is 11.5 Å². The van der Waals surface area contributed by atoms with Gasteiger partial charge in [0.05, 0.1) is 16.1 Å². The van der Waals surface area contributed by atoms with Gasteiger partial charge in [-0.2, -0.15) is 9.98 Å². The fraction of sp³-hybridized carbons (Fsp3) is 0. The summed E-state index contributed by atoms with van der Waals surface area (Å²) < 4.78 is 0. The summed E-state index contributed by atoms with van der Waals surface area (Å²) in [6.07, 6.45) is 1.27. The zero-order chi connectivity index (χ0) is 14.0. The van der Waals surface area contributed by atoms with Crippen molar-refractivity contribution in [1.82, 2.24) is 0 Å². The van der Waals surface area contributed by atoms with Gasteiger partial charge in [-0.15, -0.1) is 0 Å². The molecular weight excluding hydrogens is 250 g/mol. The van der Waals surface area contributed by atoms with Gasteiger partial charge in [-0.1, -0.05) is 12.1 Å². The van der Waals surface area contributed by atoms with Crippen molar-refractivity contribution in [3.8, 4) is 0 Å². The van der Waals surface area contributed by atoms with Gasteiger partial charge in [0.2, 0.25) is 5.96 Å². The van der Waals surface area contributed by atoms with Gasteiger partial charge in [0.25, 0.3) is 11.6 Å². The number of benzene rings is 1. The van der Waals surface area contributed by atoms with Crippen LogP contribution in [0, 0.1) is 10.1 Å². The Kier molecular flexibility index (Phi) is 3.06. The van der Waals surface area contributed by atoms with E-state index in [1.54, 1.807) is 6.07 Å². The highest BCUT2D eigenvalue weighted by Gasteiger charge is 2.20. The summed E-state index contributed by atoms with van der Waals surface area (Å²) in [6.45, 7) is 0. The van der Waals surface area contributed by atoms with Gasteiger partial charge >= 0.3 is 0 Å². The molecule has 1 heterocycles. The fourth-order valence-corrected chi connectivity index (χ4v) is 1.55. The zero-order valence-corrected chi connectivity index (χ0v) is 9.61. The molecule has 2 rings (SSSR count). The number of nitro benzene ring substituents is 1. The lowest BCUT2D eigenvalue weighted by Gasteiger charge is -2.08. The Hall–Kier alpha value is -3.03. The Morgan fingerprint density at radius 1 is 1.21 bits per heavy atom. The number of hydrogen-bond acceptors (Lipinski definition) is 6. The number of carbonyl (C=O) groups is 1. The second-order valence-electron chi connectivity index (χ2n) is 3.65. The second-order valence-corrected chi connectivity index (χ2v) is 3.65. The van der Waals surface area contributed by atoms with E-state index in [0.717, 1.165) is 0 Å². The van der Waals surface area contributed by atoms with E-state index in [4.69, 9.17) is 11.5 Å². The van der Waals surface area contributed by atoms with Crippen LogP contribution in [0.4, 0.5) is 5.69 Å². The summed E-state index contributed by atoms with van der Waals surface area (Å²) in [5.74, 6) is -1.03. The summed E-state index contributed by atoms with van der Waals surface area (Å²) in [5.41, 5.74) is 10.9. The highest BCUT2D eigenvalue weighted by Crippen LogP contribution is 2.21. The first-order valence-electron chi connectivity index (χ1n) is 5.17. The van der Waals surface area contributed by atoms with Crippen LogP contribution in [0.1, 0.15) is 5.56 Å². The first kappa shape index (κ1) is 12.4. The van der Waals surface area contributed by atoms with Crippen molar-refractivity contribution in [3.63, 3.8) is 0 Å². The van der Waals surface area contributed by atoms with Gasteiger partial charge in [0, 0.05) is 6.07 Å². The van der Waals surface area contributed by atoms with E-state index in [1.807, 2.05) is 0 Å². The maximum absolute atomic E-state index is 11.6. The van der Waals surface area contributed by atoms with Crippen LogP contribution in [0.25, 0.3) is 6.08 Å². The molecule has 1 aromatic carbocycles. The van der Waals surface area contributed by atoms with Crippen LogP contribution in [0.5, 0.6) is 0 Å². The van der Waals surface area contributed by atoms with E-state index in [2.05, 4.69) is 9.98 Å². The Labute approximate surface area is 107 Å². The number of nitrogens with zero attached hydrogens (tertiary/aromatic N) is 3. The number of rotatable bonds is 2. The summed E-state index contributed by atoms with van der Waals surface area (Å²) in [4.78, 5) is 29.0. The minimum Gasteiger partial charge on any atom is -0.383 e. The number of amidine groups is 1. The quantitative estimate of drug-likeness (QED) is 0.443. The molecule has 0 atom stereocenters. The molecule has 19 heavy (non-hydrogen) atoms. The number of carbonyl (C=O) groups excluding carboxylic acids is 1. The molecule has 8 nitrogen and oxygen atoms in total. The molecule has 1 aliphatic rings. The van der Waals surface area contributed by atoms with Gasteiger partial charge in [-0.25, -0.2) is 0 Å². The van der Waals surface area contributed by atoms with Crippen LogP contribution in [0.2, 0.25) is 0 Å². The van der Waals surface area contributed by atoms with E-state index in [0.29, 0.717) is 0 Å². The number of nitrogens with two attached hydrogens (primary N) is 2. The van der Waals surface area contributed by atoms with E-state index in [9.17, 15) is 14.9 Å². The topological polar surface area (TPSA) is 137 Å². The second kappa shape index (κ2) is 4.69. The van der Waals surface area contributed by atoms with Crippen molar-refractivity contribution in [2.45, 2.75) is 0 Å². The Morgan fingerprint density at radius 2 is 1.89 bits per heavy atom. The Bertz CT molecular complexity index is 660. The minimum atomic E-state index is -0.678. The van der Waals surface area contributed by atoms with Crippen molar-refractivity contribution >= 4 is 29.5 Å². The largest absolute Gasteiger partial charge is 0.383 e. The normalized spacial score (nSPS) is 17.1. The molecule has 1 aliphatic heterocycles. The molecule has 1 aromatic rings. The van der Waals surface area contributed by atoms with Gasteiger partial charge in [0.1, 0.15) is 5.84 Å². The Morgan fingerprint density at radius 3 is 2.53 bits per heavy atom. The first-order valence-corrected chi connectivity index (χ1v) is 5.17. The minimum absolute atomic E-state index is 0.0245. The van der Waals surface area contributed by atoms with E-state index >= 15 is 0 Å². The molecule has 0 unspecified atom stereocenters. The molecule has 96 valence electrons. The third kappa shape index (κ3) is 2.46. The number of aliphatic imine (C=N–C) groups is 2. The predicted octanol–water partition coefficient (Wildman–Crippen LogP) is 0.190. The maximum Gasteiger partial charge on any atom is 0.284 e. The lowest BCUT2D eigenvalue weighted by molar-refractivity contribution is -0.385. The van der Waals surface area contributed by atoms with E-state index < -0.39 is 10.8 Å². The summed E-state index contributed by atoms with van der Waals surface area (Å²) in [5, 5.41) is 10.9. The SMILES string of the molecule is NC1=NC(=O)/C(=C/c2ccccc2[N+](=O)[O-])C(N)=N1. The van der Waals surface area contributed by atoms with Crippen LogP contribution in [-0.2, 0) is 4.79 Å². The van der Waals surface area contributed by atoms with Crippen molar-refractivity contribution in [2.75, 3.05) is 0 Å². The van der Waals surface area contributed by atoms with Crippen molar-refractivity contribution in [1.29, 1.82) is 0 Å². The molecule has 4 N–H and O–H groups in total. The lowest BCUT2D eigenvalue weighted by Crippen LogP contribution is -2.29. The van der Waals surface area contributed by atoms with E-state index in [-0.39, 0.29) is 28.6 Å². The van der Waals surface area contributed by atoms with Crippen LogP contribution in [0.3, 0.4) is 0 Å². The van der Waals surface area contributed by atoms with Crippen LogP contribution in [0.15, 0.2) is 39.8 Å². The van der Waals surface area contributed by atoms with Gasteiger partial charge in [-0.05, 0) is 12.1 Å². The van der Waals surface area contributed by atoms with Crippen LogP contribution >= 0.6 is 0 Å². The molecule has 0 saturated carbocycles. The number of hydrogen-bond donors (Lipinski definition) is 2. The average molecular weight is 259 g/mol. The number of amides is 1. The number of nitro groups is 1. The van der Waals surface area contributed by atoms with E-state index in [1.165, 1.54) is 24.3 Å². The third-order valence-electron chi connectivity index (χ3n) is 2.39. The summed E-state index contributed by atoms with van der Waals surface area (Å²) in [7, 11) is 0. The number of para-hydroxylation sites is 1. The molecule has 0 aromatic heterocycles. The monoisotopic (exact) mass is 259 g/mol. The standard InChI is InChI=1S/C11H9N5O3/c12-9-7(10(17)15-11(13)14-9)5-6-3-1-2-4-8(6)16(18)19/h1-5H,(H4,12,13,14,15,17)/b7-5+. The predicted molar refractivity (Wildman–Crippen MR) is 69.3 cm³/mol. The zero-order valence-electron chi connectivity index (χ0n) is 9.61. The van der Waals surface area contributed by atoms with Crippen LogP contribution in [-0.4, -0.2) is 22.6 Å². The molecule has 0 bridgehead atoms. The average Bonchev–Trinajstić information content (AvgIpc) is 2.34. The van der Waals surface area contributed by atoms with Gasteiger partial charge in [0.15, 0.2) is 0 Å². The van der Waals surface area contributed by atoms with Gasteiger partial charge in [-0.3, -0.25) is 14.9 Å². The third-order valence-corrected chi connectivity index (χ3v) is 2.39. The Balaban J connectivity index is 2.51. The molecular formula is C11H9N5O3. The summed E-state index contributed by atoms with van der Waals surface area (Å²) >= 11 is 0. The molecule has 0 aliphatic carbocycles. The molecule has 0 saturated heterocycles. The molecule has 0 spiro atoms. The summed E-state index contributed by atoms with van der Waals surface area (Å²) in [6, 6.07) is 5.95. The van der Waals surface area contributed by atoms with Crippen molar-refractivity contribution in [2.24, 2.45) is 21.5 Å². The molecule has 8 heteroatoms. The van der Waals surface area contributed by atoms with Crippen molar-refractivity contribution in [3.05, 3.63) is 45.5 Å². The lowest BCUT2D eigenvalue weighted by atomic mass is 10.1. The fourth-order valence-electron chi connectivity index (χ4n) is 1.55. The van der Waals surface area contributed by atoms with Gasteiger partial charge < -0.3 is 11.5 Å². The smallest absolute Gasteiger partial charge is 0.284 e. The van der Waals surface area contributed by atoms with Crippen molar-refractivity contribution < 1.29 is 9.72 Å². The molecule has 0 fully saturated rings. The molecule has 0 radical (unpaired) electrons. The maximum atomic E-state index is 11.6. The highest BCUT2D eigenvalue weighted by atomic mass is 16.6.